The highest BCUT2D eigenvalue weighted by Crippen LogP contribution is 2.52. The average Bonchev–Trinajstić information content (AvgIpc) is 2.88. The Morgan fingerprint density at radius 1 is 0.857 bits per heavy atom. The van der Waals surface area contributed by atoms with Crippen LogP contribution < -0.4 is 0 Å². The van der Waals surface area contributed by atoms with E-state index in [1.54, 1.807) is 6.07 Å². The van der Waals surface area contributed by atoms with Crippen LogP contribution in [0.1, 0.15) is 5.76 Å². The smallest absolute Gasteiger partial charge is 0.354 e. The fourth-order valence-electron chi connectivity index (χ4n) is 1.50. The zero-order valence-corrected chi connectivity index (χ0v) is 9.97. The minimum absolute atomic E-state index is 0.235. The topological polar surface area (TPSA) is 26.0 Å². The fraction of sp³-hybridized carbons (Fsp3) is 0.250. The Hall–Kier alpha value is -2.06. The Kier molecular flexibility index (Phi) is 3.46. The summed E-state index contributed by atoms with van der Waals surface area (Å²) < 4.78 is 92.5. The van der Waals surface area contributed by atoms with Gasteiger partial charge in [0.1, 0.15) is 5.69 Å². The molecule has 0 aliphatic rings. The summed E-state index contributed by atoms with van der Waals surface area (Å²) in [6, 6.07) is 7.77. The van der Waals surface area contributed by atoms with Gasteiger partial charge in [-0.1, -0.05) is 35.5 Å². The van der Waals surface area contributed by atoms with Crippen molar-refractivity contribution >= 4 is 0 Å². The van der Waals surface area contributed by atoms with Gasteiger partial charge in [-0.3, -0.25) is 0 Å². The molecular formula is C12H6F7NO. The zero-order chi connectivity index (χ0) is 15.9. The molecule has 1 aromatic heterocycles. The first-order valence-corrected chi connectivity index (χ1v) is 5.42. The minimum Gasteiger partial charge on any atom is -0.354 e. The van der Waals surface area contributed by atoms with Gasteiger partial charge in [0, 0.05) is 11.6 Å². The summed E-state index contributed by atoms with van der Waals surface area (Å²) in [5.74, 6) is -13.7. The second-order valence-electron chi connectivity index (χ2n) is 4.09. The van der Waals surface area contributed by atoms with Crippen molar-refractivity contribution in [2.75, 3.05) is 0 Å². The third-order valence-electron chi connectivity index (χ3n) is 2.64. The number of aromatic nitrogens is 1. The van der Waals surface area contributed by atoms with Crippen molar-refractivity contribution in [3.05, 3.63) is 42.2 Å². The third-order valence-corrected chi connectivity index (χ3v) is 2.64. The van der Waals surface area contributed by atoms with Crippen LogP contribution in [-0.4, -0.2) is 17.3 Å². The van der Waals surface area contributed by atoms with E-state index in [-0.39, 0.29) is 11.3 Å². The predicted octanol–water partition coefficient (Wildman–Crippen LogP) is 4.63. The van der Waals surface area contributed by atoms with E-state index in [4.69, 9.17) is 0 Å². The molecule has 0 unspecified atom stereocenters. The Bertz CT molecular complexity index is 618. The molecular weight excluding hydrogens is 307 g/mol. The Balaban J connectivity index is 2.41. The van der Waals surface area contributed by atoms with Gasteiger partial charge in [0.25, 0.3) is 0 Å². The zero-order valence-electron chi connectivity index (χ0n) is 9.97. The second-order valence-corrected chi connectivity index (χ2v) is 4.09. The number of benzene rings is 1. The van der Waals surface area contributed by atoms with E-state index in [9.17, 15) is 30.7 Å². The van der Waals surface area contributed by atoms with E-state index < -0.39 is 23.8 Å². The molecule has 0 amide bonds. The number of alkyl halides is 7. The molecule has 2 nitrogen and oxygen atoms in total. The van der Waals surface area contributed by atoms with Crippen LogP contribution in [0.4, 0.5) is 30.7 Å². The molecule has 1 heterocycles. The highest BCUT2D eigenvalue weighted by atomic mass is 19.4. The molecule has 0 aliphatic heterocycles. The average molecular weight is 313 g/mol. The number of nitrogens with zero attached hydrogens (tertiary/aromatic N) is 1. The van der Waals surface area contributed by atoms with Gasteiger partial charge in [-0.05, 0) is 0 Å². The molecule has 2 rings (SSSR count). The lowest BCUT2D eigenvalue weighted by Gasteiger charge is -2.25. The van der Waals surface area contributed by atoms with Crippen molar-refractivity contribution in [1.82, 2.24) is 5.16 Å². The van der Waals surface area contributed by atoms with Gasteiger partial charge in [0.2, 0.25) is 5.76 Å². The Morgan fingerprint density at radius 3 is 1.95 bits per heavy atom. The van der Waals surface area contributed by atoms with Crippen LogP contribution >= 0.6 is 0 Å². The Morgan fingerprint density at radius 2 is 1.43 bits per heavy atom. The normalized spacial score (nSPS) is 13.5. The van der Waals surface area contributed by atoms with Gasteiger partial charge in [-0.25, -0.2) is 0 Å². The quantitative estimate of drug-likeness (QED) is 0.772. The molecule has 0 aliphatic carbocycles. The van der Waals surface area contributed by atoms with Crippen LogP contribution in [0.15, 0.2) is 40.9 Å². The van der Waals surface area contributed by atoms with E-state index in [2.05, 4.69) is 9.68 Å². The molecule has 9 heteroatoms. The summed E-state index contributed by atoms with van der Waals surface area (Å²) in [6.07, 6.45) is -6.42. The number of rotatable bonds is 3. The van der Waals surface area contributed by atoms with Crippen LogP contribution in [0.3, 0.4) is 0 Å². The molecule has 114 valence electrons. The predicted molar refractivity (Wildman–Crippen MR) is 56.8 cm³/mol. The molecule has 0 saturated carbocycles. The second kappa shape index (κ2) is 4.74. The first kappa shape index (κ1) is 15.3. The van der Waals surface area contributed by atoms with Crippen LogP contribution in [0.25, 0.3) is 11.3 Å². The fourth-order valence-corrected chi connectivity index (χ4v) is 1.50. The van der Waals surface area contributed by atoms with Crippen molar-refractivity contribution in [3.8, 4) is 11.3 Å². The number of hydrogen-bond acceptors (Lipinski definition) is 2. The van der Waals surface area contributed by atoms with Crippen molar-refractivity contribution in [2.45, 2.75) is 18.0 Å². The van der Waals surface area contributed by atoms with Crippen LogP contribution in [-0.2, 0) is 5.92 Å². The first-order chi connectivity index (χ1) is 9.57. The number of hydrogen-bond donors (Lipinski definition) is 0. The standard InChI is InChI=1S/C12H6F7NO/c13-10(14,11(15,16)12(17,18)19)9-6-8(20-21-9)7-4-2-1-3-5-7/h1-6H. The van der Waals surface area contributed by atoms with Gasteiger partial charge in [-0.2, -0.15) is 30.7 Å². The van der Waals surface area contributed by atoms with Gasteiger partial charge in [0.15, 0.2) is 0 Å². The summed E-state index contributed by atoms with van der Waals surface area (Å²) in [5, 5.41) is 3.09. The van der Waals surface area contributed by atoms with Gasteiger partial charge < -0.3 is 4.52 Å². The largest absolute Gasteiger partial charge is 0.460 e. The van der Waals surface area contributed by atoms with E-state index in [0.717, 1.165) is 0 Å². The SMILES string of the molecule is FC(F)(F)C(F)(F)C(F)(F)c1cc(-c2ccccc2)no1. The van der Waals surface area contributed by atoms with Crippen LogP contribution in [0.2, 0.25) is 0 Å². The first-order valence-electron chi connectivity index (χ1n) is 5.42. The van der Waals surface area contributed by atoms with Crippen molar-refractivity contribution in [2.24, 2.45) is 0 Å². The highest BCUT2D eigenvalue weighted by molar-refractivity contribution is 5.58. The van der Waals surface area contributed by atoms with Gasteiger partial charge in [-0.15, -0.1) is 0 Å². The molecule has 0 saturated heterocycles. The summed E-state index contributed by atoms with van der Waals surface area (Å²) in [5.41, 5.74) is -0.0399. The van der Waals surface area contributed by atoms with Crippen LogP contribution in [0.5, 0.6) is 0 Å². The maximum Gasteiger partial charge on any atom is 0.460 e. The Labute approximate surface area is 113 Å². The molecule has 0 fully saturated rings. The highest BCUT2D eigenvalue weighted by Gasteiger charge is 2.75. The monoisotopic (exact) mass is 313 g/mol. The molecule has 0 N–H and O–H groups in total. The molecule has 1 aromatic carbocycles. The molecule has 0 atom stereocenters. The molecule has 0 radical (unpaired) electrons. The number of halogens is 7. The summed E-state index contributed by atoms with van der Waals surface area (Å²) in [4.78, 5) is 0. The lowest BCUT2D eigenvalue weighted by molar-refractivity contribution is -0.363. The van der Waals surface area contributed by atoms with E-state index >= 15 is 0 Å². The maximum absolute atomic E-state index is 13.4. The minimum atomic E-state index is -6.42. The van der Waals surface area contributed by atoms with Gasteiger partial charge >= 0.3 is 18.0 Å². The lowest BCUT2D eigenvalue weighted by atomic mass is 10.1. The van der Waals surface area contributed by atoms with Crippen LogP contribution in [0, 0.1) is 0 Å². The molecule has 0 bridgehead atoms. The van der Waals surface area contributed by atoms with E-state index in [1.165, 1.54) is 24.3 Å². The van der Waals surface area contributed by atoms with E-state index in [0.29, 0.717) is 6.07 Å². The molecule has 21 heavy (non-hydrogen) atoms. The van der Waals surface area contributed by atoms with Gasteiger partial charge in [0.05, 0.1) is 0 Å². The summed E-state index contributed by atoms with van der Waals surface area (Å²) >= 11 is 0. The molecule has 2 aromatic rings. The van der Waals surface area contributed by atoms with Crippen molar-refractivity contribution < 1.29 is 35.3 Å². The van der Waals surface area contributed by atoms with E-state index in [1.807, 2.05) is 0 Å². The summed E-state index contributed by atoms with van der Waals surface area (Å²) in [6.45, 7) is 0. The molecule has 0 spiro atoms. The third kappa shape index (κ3) is 2.47. The lowest BCUT2D eigenvalue weighted by Crippen LogP contribution is -2.49. The van der Waals surface area contributed by atoms with Crippen molar-refractivity contribution in [1.29, 1.82) is 0 Å². The maximum atomic E-state index is 13.4. The van der Waals surface area contributed by atoms with Crippen molar-refractivity contribution in [3.63, 3.8) is 0 Å². The summed E-state index contributed by atoms with van der Waals surface area (Å²) in [7, 11) is 0.